The molecule has 0 spiro atoms. The Labute approximate surface area is 174 Å². The molecule has 0 unspecified atom stereocenters. The molecule has 0 atom stereocenters. The fraction of sp³-hybridized carbons (Fsp3) is 0.579. The van der Waals surface area contributed by atoms with Crippen molar-refractivity contribution in [1.82, 2.24) is 10.6 Å². The molecular weight excluding hydrogens is 445 g/mol. The summed E-state index contributed by atoms with van der Waals surface area (Å²) in [5, 5.41) is 6.63. The van der Waals surface area contributed by atoms with Crippen molar-refractivity contribution in [3.8, 4) is 5.75 Å². The van der Waals surface area contributed by atoms with Crippen LogP contribution in [0.4, 0.5) is 0 Å². The first kappa shape index (κ1) is 24.5. The second-order valence-corrected chi connectivity index (χ2v) is 5.76. The Hall–Kier alpha value is -1.51. The van der Waals surface area contributed by atoms with Gasteiger partial charge in [0.2, 0.25) is 0 Å². The number of carbonyl (C=O) groups excluding carboxylic acids is 1. The standard InChI is InChI=1S/C19H31N3O3.HI/c1-20-19(21-14-7-5-4-6-8-18(23)25-3)22-15-13-16-9-11-17(24-2)12-10-16;/h9-12H,4-8,13-15H2,1-3H3,(H2,20,21,22);1H. The number of benzene rings is 1. The van der Waals surface area contributed by atoms with Crippen molar-refractivity contribution < 1.29 is 14.3 Å². The highest BCUT2D eigenvalue weighted by Crippen LogP contribution is 2.11. The zero-order valence-corrected chi connectivity index (χ0v) is 18.4. The van der Waals surface area contributed by atoms with Crippen molar-refractivity contribution >= 4 is 35.9 Å². The van der Waals surface area contributed by atoms with Crippen molar-refractivity contribution in [2.45, 2.75) is 38.5 Å². The number of methoxy groups -OCH3 is 2. The van der Waals surface area contributed by atoms with Crippen LogP contribution >= 0.6 is 24.0 Å². The molecule has 0 aliphatic rings. The van der Waals surface area contributed by atoms with Gasteiger partial charge in [-0.15, -0.1) is 24.0 Å². The van der Waals surface area contributed by atoms with E-state index < -0.39 is 0 Å². The van der Waals surface area contributed by atoms with Gasteiger partial charge in [0, 0.05) is 26.6 Å². The second-order valence-electron chi connectivity index (χ2n) is 5.76. The number of carbonyl (C=O) groups is 1. The van der Waals surface area contributed by atoms with Crippen molar-refractivity contribution in [2.24, 2.45) is 4.99 Å². The minimum absolute atomic E-state index is 0. The maximum absolute atomic E-state index is 11.0. The van der Waals surface area contributed by atoms with E-state index in [2.05, 4.69) is 32.5 Å². The summed E-state index contributed by atoms with van der Waals surface area (Å²) >= 11 is 0. The molecule has 0 saturated carbocycles. The molecule has 2 N–H and O–H groups in total. The number of hydrogen-bond donors (Lipinski definition) is 2. The van der Waals surface area contributed by atoms with Crippen LogP contribution in [0, 0.1) is 0 Å². The number of unbranched alkanes of at least 4 members (excludes halogenated alkanes) is 3. The largest absolute Gasteiger partial charge is 0.497 e. The average molecular weight is 477 g/mol. The van der Waals surface area contributed by atoms with Crippen LogP contribution in [0.5, 0.6) is 5.75 Å². The maximum Gasteiger partial charge on any atom is 0.305 e. The van der Waals surface area contributed by atoms with E-state index in [-0.39, 0.29) is 29.9 Å². The number of nitrogens with zero attached hydrogens (tertiary/aromatic N) is 1. The normalized spacial score (nSPS) is 10.7. The number of hydrogen-bond acceptors (Lipinski definition) is 4. The third kappa shape index (κ3) is 11.2. The molecule has 0 aliphatic carbocycles. The zero-order chi connectivity index (χ0) is 18.3. The van der Waals surface area contributed by atoms with Gasteiger partial charge in [0.15, 0.2) is 5.96 Å². The van der Waals surface area contributed by atoms with Gasteiger partial charge in [-0.1, -0.05) is 25.0 Å². The minimum atomic E-state index is -0.125. The number of halogens is 1. The van der Waals surface area contributed by atoms with E-state index in [1.807, 2.05) is 12.1 Å². The molecule has 148 valence electrons. The molecule has 6 nitrogen and oxygen atoms in total. The first-order chi connectivity index (χ1) is 12.2. The highest BCUT2D eigenvalue weighted by atomic mass is 127. The molecule has 1 rings (SSSR count). The van der Waals surface area contributed by atoms with Crippen LogP contribution in [0.3, 0.4) is 0 Å². The molecule has 0 amide bonds. The predicted molar refractivity (Wildman–Crippen MR) is 117 cm³/mol. The summed E-state index contributed by atoms with van der Waals surface area (Å²) in [5.74, 6) is 1.57. The van der Waals surface area contributed by atoms with Crippen LogP contribution in [0.25, 0.3) is 0 Å². The van der Waals surface area contributed by atoms with E-state index in [1.54, 1.807) is 14.2 Å². The number of aliphatic imine (C=N–C) groups is 1. The monoisotopic (exact) mass is 477 g/mol. The molecule has 0 fully saturated rings. The Balaban J connectivity index is 0.00000625. The Bertz CT molecular complexity index is 521. The van der Waals surface area contributed by atoms with Crippen molar-refractivity contribution in [3.05, 3.63) is 29.8 Å². The highest BCUT2D eigenvalue weighted by Gasteiger charge is 2.00. The van der Waals surface area contributed by atoms with Gasteiger partial charge in [0.05, 0.1) is 14.2 Å². The molecule has 26 heavy (non-hydrogen) atoms. The summed E-state index contributed by atoms with van der Waals surface area (Å²) in [7, 11) is 4.88. The van der Waals surface area contributed by atoms with E-state index in [0.717, 1.165) is 56.9 Å². The smallest absolute Gasteiger partial charge is 0.305 e. The van der Waals surface area contributed by atoms with Crippen LogP contribution < -0.4 is 15.4 Å². The van der Waals surface area contributed by atoms with Crippen LogP contribution in [-0.2, 0) is 16.0 Å². The number of esters is 1. The number of guanidine groups is 1. The van der Waals surface area contributed by atoms with Crippen LogP contribution in [0.1, 0.15) is 37.7 Å². The first-order valence-corrected chi connectivity index (χ1v) is 8.84. The average Bonchev–Trinajstić information content (AvgIpc) is 2.65. The zero-order valence-electron chi connectivity index (χ0n) is 16.0. The lowest BCUT2D eigenvalue weighted by atomic mass is 10.1. The van der Waals surface area contributed by atoms with E-state index in [4.69, 9.17) is 4.74 Å². The minimum Gasteiger partial charge on any atom is -0.497 e. The molecule has 0 aliphatic heterocycles. The van der Waals surface area contributed by atoms with E-state index in [9.17, 15) is 4.79 Å². The van der Waals surface area contributed by atoms with Gasteiger partial charge in [-0.25, -0.2) is 0 Å². The lowest BCUT2D eigenvalue weighted by Crippen LogP contribution is -2.38. The van der Waals surface area contributed by atoms with Crippen molar-refractivity contribution in [1.29, 1.82) is 0 Å². The Kier molecular flexibility index (Phi) is 14.8. The highest BCUT2D eigenvalue weighted by molar-refractivity contribution is 14.0. The van der Waals surface area contributed by atoms with Crippen LogP contribution in [0.15, 0.2) is 29.3 Å². The molecule has 0 aromatic heterocycles. The Morgan fingerprint density at radius 2 is 1.65 bits per heavy atom. The quantitative estimate of drug-likeness (QED) is 0.169. The predicted octanol–water partition coefficient (Wildman–Crippen LogP) is 3.14. The van der Waals surface area contributed by atoms with E-state index in [0.29, 0.717) is 6.42 Å². The second kappa shape index (κ2) is 15.7. The van der Waals surface area contributed by atoms with Gasteiger partial charge >= 0.3 is 5.97 Å². The summed E-state index contributed by atoms with van der Waals surface area (Å²) in [6.45, 7) is 1.70. The SMILES string of the molecule is CN=C(NCCCCCCC(=O)OC)NCCc1ccc(OC)cc1.I. The summed E-state index contributed by atoms with van der Waals surface area (Å²) in [6.07, 6.45) is 5.52. The number of rotatable bonds is 11. The van der Waals surface area contributed by atoms with Gasteiger partial charge < -0.3 is 20.1 Å². The number of ether oxygens (including phenoxy) is 2. The molecule has 1 aromatic carbocycles. The molecule has 0 bridgehead atoms. The van der Waals surface area contributed by atoms with Gasteiger partial charge in [-0.2, -0.15) is 0 Å². The Morgan fingerprint density at radius 1 is 1.00 bits per heavy atom. The summed E-state index contributed by atoms with van der Waals surface area (Å²) in [6, 6.07) is 8.10. The fourth-order valence-electron chi connectivity index (χ4n) is 2.39. The lowest BCUT2D eigenvalue weighted by Gasteiger charge is -2.12. The first-order valence-electron chi connectivity index (χ1n) is 8.84. The molecule has 0 heterocycles. The molecule has 1 aromatic rings. The number of nitrogens with one attached hydrogen (secondary N) is 2. The van der Waals surface area contributed by atoms with Gasteiger partial charge in [-0.05, 0) is 37.0 Å². The van der Waals surface area contributed by atoms with Crippen molar-refractivity contribution in [2.75, 3.05) is 34.4 Å². The van der Waals surface area contributed by atoms with Gasteiger partial charge in [0.25, 0.3) is 0 Å². The summed E-state index contributed by atoms with van der Waals surface area (Å²) in [4.78, 5) is 15.2. The molecule has 0 saturated heterocycles. The third-order valence-corrected chi connectivity index (χ3v) is 3.92. The van der Waals surface area contributed by atoms with Crippen molar-refractivity contribution in [3.63, 3.8) is 0 Å². The van der Waals surface area contributed by atoms with E-state index >= 15 is 0 Å². The molecule has 0 radical (unpaired) electrons. The van der Waals surface area contributed by atoms with Gasteiger partial charge in [-0.3, -0.25) is 9.79 Å². The topological polar surface area (TPSA) is 72.0 Å². The maximum atomic E-state index is 11.0. The third-order valence-electron chi connectivity index (χ3n) is 3.92. The summed E-state index contributed by atoms with van der Waals surface area (Å²) < 4.78 is 9.78. The lowest BCUT2D eigenvalue weighted by molar-refractivity contribution is -0.140. The molecule has 7 heteroatoms. The fourth-order valence-corrected chi connectivity index (χ4v) is 2.39. The Morgan fingerprint density at radius 3 is 2.27 bits per heavy atom. The van der Waals surface area contributed by atoms with Crippen LogP contribution in [0.2, 0.25) is 0 Å². The van der Waals surface area contributed by atoms with Crippen LogP contribution in [-0.4, -0.2) is 46.3 Å². The molecular formula is C19H32IN3O3. The van der Waals surface area contributed by atoms with Gasteiger partial charge in [0.1, 0.15) is 5.75 Å². The van der Waals surface area contributed by atoms with E-state index in [1.165, 1.54) is 12.7 Å². The summed E-state index contributed by atoms with van der Waals surface area (Å²) in [5.41, 5.74) is 1.26.